The zero-order chi connectivity index (χ0) is 13.0. The molecule has 0 saturated heterocycles. The molecule has 0 atom stereocenters. The fraction of sp³-hybridized carbons (Fsp3) is 0.385. The summed E-state index contributed by atoms with van der Waals surface area (Å²) >= 11 is 7.44. The van der Waals surface area contributed by atoms with Crippen molar-refractivity contribution in [2.75, 3.05) is 18.8 Å². The number of hydrogen-bond donors (Lipinski definition) is 0. The van der Waals surface area contributed by atoms with E-state index in [0.29, 0.717) is 24.5 Å². The monoisotopic (exact) mass is 282 g/mol. The Morgan fingerprint density at radius 1 is 1.44 bits per heavy atom. The second-order valence-corrected chi connectivity index (χ2v) is 5.61. The van der Waals surface area contributed by atoms with Crippen LogP contribution in [0.4, 0.5) is 0 Å². The highest BCUT2D eigenvalue weighted by molar-refractivity contribution is 8.13. The lowest BCUT2D eigenvalue weighted by molar-refractivity contribution is -0.126. The van der Waals surface area contributed by atoms with Gasteiger partial charge in [0.15, 0.2) is 5.17 Å². The lowest BCUT2D eigenvalue weighted by atomic mass is 10.1. The molecule has 1 aliphatic heterocycles. The average Bonchev–Trinajstić information content (AvgIpc) is 2.81. The number of rotatable bonds is 3. The highest BCUT2D eigenvalue weighted by Gasteiger charge is 2.23. The van der Waals surface area contributed by atoms with Gasteiger partial charge in [0.2, 0.25) is 5.91 Å². The lowest BCUT2D eigenvalue weighted by Gasteiger charge is -2.17. The van der Waals surface area contributed by atoms with Crippen molar-refractivity contribution in [3.63, 3.8) is 0 Å². The molecule has 0 fully saturated rings. The summed E-state index contributed by atoms with van der Waals surface area (Å²) < 4.78 is 0. The first-order chi connectivity index (χ1) is 8.70. The van der Waals surface area contributed by atoms with Crippen LogP contribution in [-0.2, 0) is 11.2 Å². The van der Waals surface area contributed by atoms with Crippen LogP contribution >= 0.6 is 23.4 Å². The topological polar surface area (TPSA) is 32.7 Å². The van der Waals surface area contributed by atoms with Crippen LogP contribution in [0.1, 0.15) is 12.5 Å². The Balaban J connectivity index is 1.99. The third-order valence-corrected chi connectivity index (χ3v) is 3.79. The van der Waals surface area contributed by atoms with E-state index in [1.165, 1.54) is 0 Å². The number of carbonyl (C=O) groups excluding carboxylic acids is 1. The standard InChI is InChI=1S/C13H15ClN2OS/c1-2-18-13-15-7-8-16(13)12(17)9-10-3-5-11(14)6-4-10/h3-6H,2,7-9H2,1H3. The van der Waals surface area contributed by atoms with Gasteiger partial charge >= 0.3 is 0 Å². The Hall–Kier alpha value is -1.00. The van der Waals surface area contributed by atoms with Gasteiger partial charge in [-0.2, -0.15) is 0 Å². The van der Waals surface area contributed by atoms with E-state index in [-0.39, 0.29) is 5.91 Å². The number of hydrogen-bond acceptors (Lipinski definition) is 3. The predicted octanol–water partition coefficient (Wildman–Crippen LogP) is 2.83. The van der Waals surface area contributed by atoms with Crippen LogP contribution in [-0.4, -0.2) is 34.8 Å². The van der Waals surface area contributed by atoms with E-state index in [9.17, 15) is 4.79 Å². The number of thioether (sulfide) groups is 1. The van der Waals surface area contributed by atoms with Crippen LogP contribution < -0.4 is 0 Å². The zero-order valence-corrected chi connectivity index (χ0v) is 11.8. The van der Waals surface area contributed by atoms with Gasteiger partial charge in [-0.05, 0) is 23.4 Å². The second-order valence-electron chi connectivity index (χ2n) is 3.95. The number of amides is 1. The minimum Gasteiger partial charge on any atom is -0.289 e. The van der Waals surface area contributed by atoms with Crippen molar-refractivity contribution >= 4 is 34.4 Å². The van der Waals surface area contributed by atoms with Crippen LogP contribution in [0.2, 0.25) is 5.02 Å². The molecule has 5 heteroatoms. The van der Waals surface area contributed by atoms with E-state index in [1.807, 2.05) is 24.3 Å². The van der Waals surface area contributed by atoms with Crippen molar-refractivity contribution in [3.8, 4) is 0 Å². The van der Waals surface area contributed by atoms with E-state index in [4.69, 9.17) is 11.6 Å². The van der Waals surface area contributed by atoms with Crippen molar-refractivity contribution in [1.82, 2.24) is 4.90 Å². The van der Waals surface area contributed by atoms with E-state index >= 15 is 0 Å². The molecule has 18 heavy (non-hydrogen) atoms. The normalized spacial score (nSPS) is 14.8. The predicted molar refractivity (Wildman–Crippen MR) is 77.3 cm³/mol. The molecule has 0 N–H and O–H groups in total. The summed E-state index contributed by atoms with van der Waals surface area (Å²) in [6.07, 6.45) is 0.403. The zero-order valence-electron chi connectivity index (χ0n) is 10.2. The van der Waals surface area contributed by atoms with Gasteiger partial charge < -0.3 is 0 Å². The van der Waals surface area contributed by atoms with Crippen molar-refractivity contribution in [3.05, 3.63) is 34.9 Å². The van der Waals surface area contributed by atoms with Crippen LogP contribution in [0.3, 0.4) is 0 Å². The molecule has 2 rings (SSSR count). The molecular formula is C13H15ClN2OS. The van der Waals surface area contributed by atoms with Gasteiger partial charge in [0.1, 0.15) is 0 Å². The average molecular weight is 283 g/mol. The summed E-state index contributed by atoms with van der Waals surface area (Å²) in [6.45, 7) is 3.48. The lowest BCUT2D eigenvalue weighted by Crippen LogP contribution is -2.34. The highest BCUT2D eigenvalue weighted by Crippen LogP contribution is 2.16. The van der Waals surface area contributed by atoms with Crippen molar-refractivity contribution in [2.24, 2.45) is 4.99 Å². The summed E-state index contributed by atoms with van der Waals surface area (Å²) in [5, 5.41) is 1.55. The molecule has 0 radical (unpaired) electrons. The molecule has 1 aromatic carbocycles. The maximum Gasteiger partial charge on any atom is 0.233 e. The first kappa shape index (κ1) is 13.4. The maximum absolute atomic E-state index is 12.2. The third kappa shape index (κ3) is 3.27. The summed E-state index contributed by atoms with van der Waals surface area (Å²) in [5.74, 6) is 1.04. The summed E-state index contributed by atoms with van der Waals surface area (Å²) in [5.41, 5.74) is 0.983. The molecule has 3 nitrogen and oxygen atoms in total. The van der Waals surface area contributed by atoms with E-state index in [1.54, 1.807) is 16.7 Å². The van der Waals surface area contributed by atoms with Crippen LogP contribution in [0.5, 0.6) is 0 Å². The quantitative estimate of drug-likeness (QED) is 0.854. The fourth-order valence-corrected chi connectivity index (χ4v) is 2.70. The van der Waals surface area contributed by atoms with Crippen molar-refractivity contribution in [2.45, 2.75) is 13.3 Å². The molecule has 1 aliphatic rings. The number of nitrogens with zero attached hydrogens (tertiary/aromatic N) is 2. The van der Waals surface area contributed by atoms with Gasteiger partial charge in [0.25, 0.3) is 0 Å². The van der Waals surface area contributed by atoms with Crippen LogP contribution in [0, 0.1) is 0 Å². The molecule has 1 amide bonds. The molecule has 0 spiro atoms. The molecule has 0 unspecified atom stereocenters. The van der Waals surface area contributed by atoms with Gasteiger partial charge in [-0.25, -0.2) is 0 Å². The summed E-state index contributed by atoms with van der Waals surface area (Å²) in [6, 6.07) is 7.40. The number of halogens is 1. The number of aliphatic imine (C=N–C) groups is 1. The molecule has 1 aromatic rings. The Bertz CT molecular complexity index is 459. The number of benzene rings is 1. The summed E-state index contributed by atoms with van der Waals surface area (Å²) in [7, 11) is 0. The molecule has 0 aromatic heterocycles. The largest absolute Gasteiger partial charge is 0.289 e. The van der Waals surface area contributed by atoms with E-state index < -0.39 is 0 Å². The van der Waals surface area contributed by atoms with E-state index in [0.717, 1.165) is 16.5 Å². The number of amidine groups is 1. The van der Waals surface area contributed by atoms with Crippen LogP contribution in [0.15, 0.2) is 29.3 Å². The van der Waals surface area contributed by atoms with Gasteiger partial charge in [0.05, 0.1) is 13.0 Å². The first-order valence-corrected chi connectivity index (χ1v) is 7.29. The highest BCUT2D eigenvalue weighted by atomic mass is 35.5. The maximum atomic E-state index is 12.2. The Morgan fingerprint density at radius 2 is 2.17 bits per heavy atom. The summed E-state index contributed by atoms with van der Waals surface area (Å²) in [4.78, 5) is 18.3. The van der Waals surface area contributed by atoms with E-state index in [2.05, 4.69) is 11.9 Å². The second kappa shape index (κ2) is 6.25. The van der Waals surface area contributed by atoms with Gasteiger partial charge in [-0.3, -0.25) is 14.7 Å². The molecule has 96 valence electrons. The first-order valence-electron chi connectivity index (χ1n) is 5.92. The molecule has 1 heterocycles. The Kier molecular flexibility index (Phi) is 4.66. The van der Waals surface area contributed by atoms with Crippen LogP contribution in [0.25, 0.3) is 0 Å². The molecule has 0 aliphatic carbocycles. The SMILES string of the molecule is CCSC1=NCCN1C(=O)Cc1ccc(Cl)cc1. The minimum absolute atomic E-state index is 0.106. The van der Waals surface area contributed by atoms with Gasteiger partial charge in [-0.1, -0.05) is 42.4 Å². The molecular weight excluding hydrogens is 268 g/mol. The van der Waals surface area contributed by atoms with Gasteiger partial charge in [0, 0.05) is 11.6 Å². The van der Waals surface area contributed by atoms with Crippen molar-refractivity contribution in [1.29, 1.82) is 0 Å². The Morgan fingerprint density at radius 3 is 2.83 bits per heavy atom. The smallest absolute Gasteiger partial charge is 0.233 e. The fourth-order valence-electron chi connectivity index (χ4n) is 1.78. The Labute approximate surface area is 116 Å². The van der Waals surface area contributed by atoms with Gasteiger partial charge in [-0.15, -0.1) is 0 Å². The molecule has 0 bridgehead atoms. The molecule has 0 saturated carbocycles. The number of carbonyl (C=O) groups is 1. The van der Waals surface area contributed by atoms with Crippen molar-refractivity contribution < 1.29 is 4.79 Å². The minimum atomic E-state index is 0.106. The third-order valence-electron chi connectivity index (χ3n) is 2.64.